The molecule has 1 atom stereocenters. The van der Waals surface area contributed by atoms with Gasteiger partial charge in [-0.2, -0.15) is 0 Å². The summed E-state index contributed by atoms with van der Waals surface area (Å²) < 4.78 is 23.7. The Morgan fingerprint density at radius 2 is 1.96 bits per heavy atom. The van der Waals surface area contributed by atoms with E-state index in [1.807, 2.05) is 18.0 Å². The summed E-state index contributed by atoms with van der Waals surface area (Å²) in [5, 5.41) is 10.1. The molecule has 0 spiro atoms. The van der Waals surface area contributed by atoms with Crippen LogP contribution in [0.15, 0.2) is 48.5 Å². The number of nitrogens with zero attached hydrogens (tertiary/aromatic N) is 1. The van der Waals surface area contributed by atoms with E-state index in [0.29, 0.717) is 31.0 Å². The van der Waals surface area contributed by atoms with Crippen LogP contribution in [-0.2, 0) is 11.3 Å². The first-order chi connectivity index (χ1) is 12.5. The zero-order valence-electron chi connectivity index (χ0n) is 15.0. The standard InChI is InChI=1S/C20H24FNO4/c1-3-25-20(24)16-7-9-19(10-8-16)26-14-18(23)13-22(2)12-15-5-4-6-17(21)11-15/h4-11,18,23H,3,12-14H2,1-2H3. The third-order valence-electron chi connectivity index (χ3n) is 3.67. The van der Waals surface area contributed by atoms with E-state index in [9.17, 15) is 14.3 Å². The van der Waals surface area contributed by atoms with E-state index >= 15 is 0 Å². The third-order valence-corrected chi connectivity index (χ3v) is 3.67. The smallest absolute Gasteiger partial charge is 0.338 e. The van der Waals surface area contributed by atoms with Crippen LogP contribution in [0.4, 0.5) is 4.39 Å². The van der Waals surface area contributed by atoms with Gasteiger partial charge in [-0.25, -0.2) is 9.18 Å². The summed E-state index contributed by atoms with van der Waals surface area (Å²) in [6.45, 7) is 3.11. The molecule has 0 saturated carbocycles. The Bertz CT molecular complexity index is 705. The average Bonchev–Trinajstić information content (AvgIpc) is 2.60. The molecular formula is C20H24FNO4. The molecule has 1 N–H and O–H groups in total. The highest BCUT2D eigenvalue weighted by atomic mass is 19.1. The lowest BCUT2D eigenvalue weighted by molar-refractivity contribution is 0.0525. The third kappa shape index (κ3) is 6.46. The molecule has 0 aliphatic rings. The maximum atomic E-state index is 13.2. The van der Waals surface area contributed by atoms with Gasteiger partial charge >= 0.3 is 5.97 Å². The van der Waals surface area contributed by atoms with Gasteiger partial charge in [-0.3, -0.25) is 4.90 Å². The van der Waals surface area contributed by atoms with Gasteiger partial charge in [0, 0.05) is 13.1 Å². The van der Waals surface area contributed by atoms with E-state index in [2.05, 4.69) is 0 Å². The summed E-state index contributed by atoms with van der Waals surface area (Å²) in [6.07, 6.45) is -0.696. The molecule has 0 heterocycles. The fraction of sp³-hybridized carbons (Fsp3) is 0.350. The van der Waals surface area contributed by atoms with Crippen molar-refractivity contribution < 1.29 is 23.8 Å². The number of aliphatic hydroxyl groups excluding tert-OH is 1. The lowest BCUT2D eigenvalue weighted by Gasteiger charge is -2.21. The molecule has 0 aromatic heterocycles. The first kappa shape index (κ1) is 19.9. The number of hydrogen-bond donors (Lipinski definition) is 1. The Morgan fingerprint density at radius 1 is 1.23 bits per heavy atom. The van der Waals surface area contributed by atoms with Gasteiger partial charge in [-0.15, -0.1) is 0 Å². The fourth-order valence-electron chi connectivity index (χ4n) is 2.52. The normalized spacial score (nSPS) is 12.0. The van der Waals surface area contributed by atoms with Gasteiger partial charge in [0.1, 0.15) is 24.3 Å². The van der Waals surface area contributed by atoms with Crippen molar-refractivity contribution in [1.29, 1.82) is 0 Å². The highest BCUT2D eigenvalue weighted by molar-refractivity contribution is 5.89. The number of rotatable bonds is 9. The van der Waals surface area contributed by atoms with Crippen molar-refractivity contribution >= 4 is 5.97 Å². The van der Waals surface area contributed by atoms with Gasteiger partial charge in [0.15, 0.2) is 0 Å². The van der Waals surface area contributed by atoms with Gasteiger partial charge < -0.3 is 14.6 Å². The van der Waals surface area contributed by atoms with Crippen LogP contribution < -0.4 is 4.74 Å². The highest BCUT2D eigenvalue weighted by Gasteiger charge is 2.11. The van der Waals surface area contributed by atoms with Crippen molar-refractivity contribution in [3.63, 3.8) is 0 Å². The van der Waals surface area contributed by atoms with Crippen LogP contribution in [0.2, 0.25) is 0 Å². The summed E-state index contributed by atoms with van der Waals surface area (Å²) in [5.74, 6) is -0.0889. The second-order valence-electron chi connectivity index (χ2n) is 6.04. The predicted octanol–water partition coefficient (Wildman–Crippen LogP) is 2.87. The Hall–Kier alpha value is -2.44. The van der Waals surface area contributed by atoms with Gasteiger partial charge in [0.05, 0.1) is 12.2 Å². The van der Waals surface area contributed by atoms with Gasteiger partial charge in [0.2, 0.25) is 0 Å². The van der Waals surface area contributed by atoms with Crippen molar-refractivity contribution in [2.75, 3.05) is 26.8 Å². The second kappa shape index (κ2) is 9.89. The maximum absolute atomic E-state index is 13.2. The molecule has 0 amide bonds. The molecule has 0 aliphatic heterocycles. The summed E-state index contributed by atoms with van der Waals surface area (Å²) in [5.41, 5.74) is 1.30. The SMILES string of the molecule is CCOC(=O)c1ccc(OCC(O)CN(C)Cc2cccc(F)c2)cc1. The number of likely N-dealkylation sites (N-methyl/N-ethyl adjacent to an activating group) is 1. The molecule has 2 aromatic rings. The minimum absolute atomic E-state index is 0.117. The summed E-state index contributed by atoms with van der Waals surface area (Å²) in [7, 11) is 1.85. The Kier molecular flexibility index (Phi) is 7.56. The lowest BCUT2D eigenvalue weighted by Crippen LogP contribution is -2.32. The van der Waals surface area contributed by atoms with E-state index in [4.69, 9.17) is 9.47 Å². The summed E-state index contributed by atoms with van der Waals surface area (Å²) >= 11 is 0. The van der Waals surface area contributed by atoms with E-state index in [0.717, 1.165) is 5.56 Å². The monoisotopic (exact) mass is 361 g/mol. The highest BCUT2D eigenvalue weighted by Crippen LogP contribution is 2.14. The molecule has 6 heteroatoms. The van der Waals surface area contributed by atoms with Crippen LogP contribution in [0.1, 0.15) is 22.8 Å². The van der Waals surface area contributed by atoms with Crippen molar-refractivity contribution in [2.45, 2.75) is 19.6 Å². The first-order valence-electron chi connectivity index (χ1n) is 8.49. The largest absolute Gasteiger partial charge is 0.491 e. The number of halogens is 1. The second-order valence-corrected chi connectivity index (χ2v) is 6.04. The van der Waals surface area contributed by atoms with Gasteiger partial charge in [-0.05, 0) is 55.9 Å². The number of hydrogen-bond acceptors (Lipinski definition) is 5. The Balaban J connectivity index is 1.77. The van der Waals surface area contributed by atoms with Crippen LogP contribution in [0.5, 0.6) is 5.75 Å². The molecule has 0 aliphatic carbocycles. The zero-order chi connectivity index (χ0) is 18.9. The molecule has 26 heavy (non-hydrogen) atoms. The van der Waals surface area contributed by atoms with Crippen LogP contribution in [0.3, 0.4) is 0 Å². The van der Waals surface area contributed by atoms with Crippen molar-refractivity contribution in [1.82, 2.24) is 4.90 Å². The van der Waals surface area contributed by atoms with Crippen molar-refractivity contribution in [3.8, 4) is 5.75 Å². The first-order valence-corrected chi connectivity index (χ1v) is 8.49. The topological polar surface area (TPSA) is 59.0 Å². The summed E-state index contributed by atoms with van der Waals surface area (Å²) in [6, 6.07) is 13.0. The lowest BCUT2D eigenvalue weighted by atomic mass is 10.2. The Morgan fingerprint density at radius 3 is 2.62 bits per heavy atom. The molecular weight excluding hydrogens is 337 g/mol. The van der Waals surface area contributed by atoms with Crippen LogP contribution >= 0.6 is 0 Å². The van der Waals surface area contributed by atoms with Crippen LogP contribution in [0, 0.1) is 5.82 Å². The number of ether oxygens (including phenoxy) is 2. The Labute approximate surface area is 153 Å². The molecule has 0 fully saturated rings. The van der Waals surface area contributed by atoms with Gasteiger partial charge in [-0.1, -0.05) is 12.1 Å². The van der Waals surface area contributed by atoms with Gasteiger partial charge in [0.25, 0.3) is 0 Å². The number of esters is 1. The molecule has 140 valence electrons. The van der Waals surface area contributed by atoms with Crippen molar-refractivity contribution in [3.05, 3.63) is 65.5 Å². The molecule has 2 rings (SSSR count). The summed E-state index contributed by atoms with van der Waals surface area (Å²) in [4.78, 5) is 13.5. The minimum Gasteiger partial charge on any atom is -0.491 e. The molecule has 2 aromatic carbocycles. The van der Waals surface area contributed by atoms with Crippen molar-refractivity contribution in [2.24, 2.45) is 0 Å². The van der Waals surface area contributed by atoms with E-state index < -0.39 is 6.10 Å². The van der Waals surface area contributed by atoms with E-state index in [1.165, 1.54) is 12.1 Å². The van der Waals surface area contributed by atoms with E-state index in [1.54, 1.807) is 37.3 Å². The zero-order valence-corrected chi connectivity index (χ0v) is 15.0. The molecule has 0 saturated heterocycles. The minimum atomic E-state index is -0.696. The van der Waals surface area contributed by atoms with Crippen LogP contribution in [-0.4, -0.2) is 48.9 Å². The molecule has 1 unspecified atom stereocenters. The predicted molar refractivity (Wildman–Crippen MR) is 96.6 cm³/mol. The molecule has 5 nitrogen and oxygen atoms in total. The molecule has 0 bridgehead atoms. The van der Waals surface area contributed by atoms with Crippen LogP contribution in [0.25, 0.3) is 0 Å². The maximum Gasteiger partial charge on any atom is 0.338 e. The quantitative estimate of drug-likeness (QED) is 0.696. The van der Waals surface area contributed by atoms with E-state index in [-0.39, 0.29) is 18.4 Å². The molecule has 0 radical (unpaired) electrons. The number of carbonyl (C=O) groups excluding carboxylic acids is 1. The number of carbonyl (C=O) groups is 1. The number of benzene rings is 2. The fourth-order valence-corrected chi connectivity index (χ4v) is 2.52. The average molecular weight is 361 g/mol. The number of aliphatic hydroxyl groups is 1.